The minimum absolute atomic E-state index is 0.108. The summed E-state index contributed by atoms with van der Waals surface area (Å²) in [5.74, 6) is -4.66. The van der Waals surface area contributed by atoms with Crippen LogP contribution in [0.5, 0.6) is 5.75 Å². The number of methoxy groups -OCH3 is 1. The van der Waals surface area contributed by atoms with E-state index in [-0.39, 0.29) is 5.69 Å². The van der Waals surface area contributed by atoms with E-state index in [1.54, 1.807) is 0 Å². The zero-order chi connectivity index (χ0) is 16.5. The normalized spacial score (nSPS) is 11.3. The second-order valence-electron chi connectivity index (χ2n) is 4.13. The third-order valence-corrected chi connectivity index (χ3v) is 5.01. The van der Waals surface area contributed by atoms with E-state index in [4.69, 9.17) is 4.74 Å². The van der Waals surface area contributed by atoms with Crippen molar-refractivity contribution < 1.29 is 26.3 Å². The summed E-state index contributed by atoms with van der Waals surface area (Å²) in [5.41, 5.74) is 0.108. The molecule has 2 aromatic rings. The highest BCUT2D eigenvalue weighted by Crippen LogP contribution is 2.30. The van der Waals surface area contributed by atoms with Crippen LogP contribution in [0.3, 0.4) is 0 Å². The number of ether oxygens (including phenoxy) is 1. The molecule has 0 radical (unpaired) electrons. The summed E-state index contributed by atoms with van der Waals surface area (Å²) in [6, 6.07) is 6.26. The molecule has 0 unspecified atom stereocenters. The minimum atomic E-state index is -4.45. The summed E-state index contributed by atoms with van der Waals surface area (Å²) in [6.07, 6.45) is 0. The van der Waals surface area contributed by atoms with Crippen molar-refractivity contribution >= 4 is 31.6 Å². The van der Waals surface area contributed by atoms with Gasteiger partial charge in [-0.3, -0.25) is 4.72 Å². The molecule has 9 heteroatoms. The summed E-state index contributed by atoms with van der Waals surface area (Å²) in [7, 11) is -3.02. The van der Waals surface area contributed by atoms with Gasteiger partial charge >= 0.3 is 0 Å². The Morgan fingerprint density at radius 1 is 1.09 bits per heavy atom. The van der Waals surface area contributed by atoms with E-state index in [0.717, 1.165) is 0 Å². The number of rotatable bonds is 4. The van der Waals surface area contributed by atoms with Crippen molar-refractivity contribution in [3.8, 4) is 5.75 Å². The van der Waals surface area contributed by atoms with Crippen LogP contribution in [-0.4, -0.2) is 15.5 Å². The monoisotopic (exact) mass is 395 g/mol. The molecule has 0 fully saturated rings. The Morgan fingerprint density at radius 3 is 2.23 bits per heavy atom. The molecule has 0 aromatic heterocycles. The highest BCUT2D eigenvalue weighted by atomic mass is 79.9. The Kier molecular flexibility index (Phi) is 4.66. The molecule has 22 heavy (non-hydrogen) atoms. The van der Waals surface area contributed by atoms with E-state index >= 15 is 0 Å². The van der Waals surface area contributed by atoms with Crippen LogP contribution in [0.15, 0.2) is 39.7 Å². The van der Waals surface area contributed by atoms with Crippen LogP contribution in [-0.2, 0) is 10.0 Å². The number of anilines is 1. The molecule has 2 aromatic carbocycles. The lowest BCUT2D eigenvalue weighted by molar-refractivity contribution is 0.415. The molecule has 0 atom stereocenters. The van der Waals surface area contributed by atoms with Gasteiger partial charge in [0.1, 0.15) is 10.6 Å². The lowest BCUT2D eigenvalue weighted by atomic mass is 10.3. The van der Waals surface area contributed by atoms with Gasteiger partial charge in [-0.15, -0.1) is 0 Å². The fourth-order valence-corrected chi connectivity index (χ4v) is 3.87. The third kappa shape index (κ3) is 3.20. The second-order valence-corrected chi connectivity index (χ2v) is 6.60. The van der Waals surface area contributed by atoms with Gasteiger partial charge in [-0.2, -0.15) is 0 Å². The fourth-order valence-electron chi connectivity index (χ4n) is 1.66. The number of benzene rings is 2. The van der Waals surface area contributed by atoms with Crippen molar-refractivity contribution in [2.24, 2.45) is 0 Å². The number of halogens is 4. The van der Waals surface area contributed by atoms with E-state index < -0.39 is 36.8 Å². The van der Waals surface area contributed by atoms with Gasteiger partial charge in [-0.25, -0.2) is 21.6 Å². The quantitative estimate of drug-likeness (QED) is 0.634. The molecule has 118 valence electrons. The van der Waals surface area contributed by atoms with Gasteiger partial charge in [0.05, 0.1) is 7.11 Å². The second kappa shape index (κ2) is 6.17. The Morgan fingerprint density at radius 2 is 1.68 bits per heavy atom. The van der Waals surface area contributed by atoms with Crippen LogP contribution in [0.2, 0.25) is 0 Å². The molecule has 0 saturated heterocycles. The van der Waals surface area contributed by atoms with Gasteiger partial charge in [0, 0.05) is 10.2 Å². The average molecular weight is 396 g/mol. The Labute approximate surface area is 133 Å². The van der Waals surface area contributed by atoms with Gasteiger partial charge in [0.15, 0.2) is 17.5 Å². The Bertz CT molecular complexity index is 810. The molecular weight excluding hydrogens is 387 g/mol. The standard InChI is InChI=1S/C13H9BrF3NO3S/c1-21-8-4-2-7(3-5-8)18-22(19,20)13-9(14)6-10(15)11(16)12(13)17/h2-6,18H,1H3. The van der Waals surface area contributed by atoms with E-state index in [1.165, 1.54) is 31.4 Å². The smallest absolute Gasteiger partial charge is 0.266 e. The van der Waals surface area contributed by atoms with Crippen molar-refractivity contribution in [1.82, 2.24) is 0 Å². The van der Waals surface area contributed by atoms with Crippen LogP contribution in [0.1, 0.15) is 0 Å². The fraction of sp³-hybridized carbons (Fsp3) is 0.0769. The number of hydrogen-bond donors (Lipinski definition) is 1. The number of sulfonamides is 1. The summed E-state index contributed by atoms with van der Waals surface area (Å²) >= 11 is 2.72. The molecule has 0 aliphatic heterocycles. The molecule has 0 saturated carbocycles. The first kappa shape index (κ1) is 16.6. The molecule has 4 nitrogen and oxygen atoms in total. The first-order chi connectivity index (χ1) is 10.3. The van der Waals surface area contributed by atoms with Gasteiger partial charge in [-0.05, 0) is 46.3 Å². The number of hydrogen-bond acceptors (Lipinski definition) is 3. The van der Waals surface area contributed by atoms with Gasteiger partial charge in [0.25, 0.3) is 10.0 Å². The summed E-state index contributed by atoms with van der Waals surface area (Å²) < 4.78 is 70.9. The average Bonchev–Trinajstić information content (AvgIpc) is 2.45. The van der Waals surface area contributed by atoms with Crippen molar-refractivity contribution in [2.75, 3.05) is 11.8 Å². The minimum Gasteiger partial charge on any atom is -0.497 e. The highest BCUT2D eigenvalue weighted by Gasteiger charge is 2.27. The molecule has 2 rings (SSSR count). The first-order valence-electron chi connectivity index (χ1n) is 5.76. The van der Waals surface area contributed by atoms with Gasteiger partial charge in [0.2, 0.25) is 0 Å². The third-order valence-electron chi connectivity index (χ3n) is 2.68. The molecule has 0 aliphatic carbocycles. The Balaban J connectivity index is 2.44. The van der Waals surface area contributed by atoms with Crippen molar-refractivity contribution in [1.29, 1.82) is 0 Å². The Hall–Kier alpha value is -1.74. The molecule has 0 aliphatic rings. The van der Waals surface area contributed by atoms with Crippen molar-refractivity contribution in [2.45, 2.75) is 4.90 Å². The van der Waals surface area contributed by atoms with Crippen molar-refractivity contribution in [3.05, 3.63) is 52.3 Å². The molecule has 0 heterocycles. The molecule has 0 bridgehead atoms. The first-order valence-corrected chi connectivity index (χ1v) is 8.03. The maximum absolute atomic E-state index is 13.8. The maximum Gasteiger partial charge on any atom is 0.266 e. The van der Waals surface area contributed by atoms with Gasteiger partial charge < -0.3 is 4.74 Å². The topological polar surface area (TPSA) is 55.4 Å². The molecular formula is C13H9BrF3NO3S. The molecule has 0 amide bonds. The predicted octanol–water partition coefficient (Wildman–Crippen LogP) is 3.68. The predicted molar refractivity (Wildman–Crippen MR) is 77.8 cm³/mol. The zero-order valence-electron chi connectivity index (χ0n) is 11.0. The lowest BCUT2D eigenvalue weighted by Gasteiger charge is -2.11. The highest BCUT2D eigenvalue weighted by molar-refractivity contribution is 9.10. The van der Waals surface area contributed by atoms with Gasteiger partial charge in [-0.1, -0.05) is 0 Å². The number of nitrogens with one attached hydrogen (secondary N) is 1. The van der Waals surface area contributed by atoms with Crippen molar-refractivity contribution in [3.63, 3.8) is 0 Å². The molecule has 0 spiro atoms. The van der Waals surface area contributed by atoms with Crippen LogP contribution in [0.4, 0.5) is 18.9 Å². The van der Waals surface area contributed by atoms with Crippen LogP contribution >= 0.6 is 15.9 Å². The molecule has 1 N–H and O–H groups in total. The SMILES string of the molecule is COc1ccc(NS(=O)(=O)c2c(Br)cc(F)c(F)c2F)cc1. The van der Waals surface area contributed by atoms with E-state index in [1.807, 2.05) is 0 Å². The van der Waals surface area contributed by atoms with E-state index in [2.05, 4.69) is 20.7 Å². The largest absolute Gasteiger partial charge is 0.497 e. The van der Waals surface area contributed by atoms with Crippen LogP contribution in [0, 0.1) is 17.5 Å². The summed E-state index contributed by atoms with van der Waals surface area (Å²) in [5, 5.41) is 0. The van der Waals surface area contributed by atoms with E-state index in [9.17, 15) is 21.6 Å². The van der Waals surface area contributed by atoms with Crippen LogP contribution in [0.25, 0.3) is 0 Å². The maximum atomic E-state index is 13.8. The van der Waals surface area contributed by atoms with Crippen LogP contribution < -0.4 is 9.46 Å². The lowest BCUT2D eigenvalue weighted by Crippen LogP contribution is -2.16. The zero-order valence-corrected chi connectivity index (χ0v) is 13.4. The summed E-state index contributed by atoms with van der Waals surface area (Å²) in [6.45, 7) is 0. The summed E-state index contributed by atoms with van der Waals surface area (Å²) in [4.78, 5) is -1.01. The van der Waals surface area contributed by atoms with E-state index in [0.29, 0.717) is 11.8 Å².